The summed E-state index contributed by atoms with van der Waals surface area (Å²) < 4.78 is 5.96. The first kappa shape index (κ1) is 26.5. The maximum atomic E-state index is 7.92. The Morgan fingerprint density at radius 1 is 1.05 bits per heavy atom. The lowest BCUT2D eigenvalue weighted by Crippen LogP contribution is -2.51. The van der Waals surface area contributed by atoms with E-state index in [1.807, 2.05) is 30.3 Å². The monoisotopic (exact) mass is 522 g/mol. The Morgan fingerprint density at radius 3 is 2.69 bits per heavy atom. The number of nitrogens with one attached hydrogen (secondary N) is 2. The number of anilines is 2. The molecule has 1 aromatic carbocycles. The van der Waals surface area contributed by atoms with E-state index < -0.39 is 0 Å². The van der Waals surface area contributed by atoms with Gasteiger partial charge < -0.3 is 15.5 Å². The molecule has 5 rings (SSSR count). The van der Waals surface area contributed by atoms with Gasteiger partial charge in [-0.1, -0.05) is 44.2 Å². The van der Waals surface area contributed by atoms with Crippen LogP contribution in [0.1, 0.15) is 42.4 Å². The molecule has 4 aromatic rings. The molecule has 1 aliphatic heterocycles. The van der Waals surface area contributed by atoms with Gasteiger partial charge in [0.1, 0.15) is 5.82 Å². The molecule has 0 radical (unpaired) electrons. The van der Waals surface area contributed by atoms with Crippen LogP contribution in [0.25, 0.3) is 11.0 Å². The second-order valence-electron chi connectivity index (χ2n) is 10.1. The van der Waals surface area contributed by atoms with Crippen LogP contribution in [0.15, 0.2) is 72.0 Å². The third-order valence-electron chi connectivity index (χ3n) is 6.73. The van der Waals surface area contributed by atoms with Crippen molar-refractivity contribution >= 4 is 35.1 Å². The SMILES string of the molecule is CC(C)c1cnnc(Nc2ccc3ncc(C(C=N)C=NCCOC4CN(Cc5ccccc5)C4)cc3n2)c1. The number of benzene rings is 1. The highest BCUT2D eigenvalue weighted by Gasteiger charge is 2.26. The van der Waals surface area contributed by atoms with Gasteiger partial charge in [0, 0.05) is 38.3 Å². The van der Waals surface area contributed by atoms with E-state index in [1.54, 1.807) is 18.6 Å². The molecule has 0 amide bonds. The lowest BCUT2D eigenvalue weighted by molar-refractivity contribution is -0.0548. The van der Waals surface area contributed by atoms with Gasteiger partial charge in [-0.05, 0) is 46.9 Å². The molecule has 9 heteroatoms. The topological polar surface area (TPSA) is 112 Å². The van der Waals surface area contributed by atoms with E-state index in [4.69, 9.17) is 15.1 Å². The first-order valence-corrected chi connectivity index (χ1v) is 13.3. The molecule has 1 unspecified atom stereocenters. The summed E-state index contributed by atoms with van der Waals surface area (Å²) in [7, 11) is 0. The summed E-state index contributed by atoms with van der Waals surface area (Å²) in [6.45, 7) is 8.22. The van der Waals surface area contributed by atoms with Crippen molar-refractivity contribution in [2.24, 2.45) is 4.99 Å². The van der Waals surface area contributed by atoms with E-state index in [-0.39, 0.29) is 12.0 Å². The molecule has 2 N–H and O–H groups in total. The zero-order valence-corrected chi connectivity index (χ0v) is 22.4. The highest BCUT2D eigenvalue weighted by molar-refractivity contribution is 5.90. The molecule has 9 nitrogen and oxygen atoms in total. The minimum Gasteiger partial charge on any atom is -0.374 e. The normalized spacial score (nSPS) is 15.1. The van der Waals surface area contributed by atoms with Crippen LogP contribution in [0.5, 0.6) is 0 Å². The van der Waals surface area contributed by atoms with E-state index in [0.29, 0.717) is 30.7 Å². The first-order chi connectivity index (χ1) is 19.1. The smallest absolute Gasteiger partial charge is 0.154 e. The van der Waals surface area contributed by atoms with Crippen molar-refractivity contribution in [3.8, 4) is 0 Å². The van der Waals surface area contributed by atoms with Crippen molar-refractivity contribution < 1.29 is 4.74 Å². The second kappa shape index (κ2) is 12.6. The Hall–Kier alpha value is -4.08. The molecular formula is C30H34N8O. The molecule has 0 aliphatic carbocycles. The quantitative estimate of drug-likeness (QED) is 0.199. The predicted molar refractivity (Wildman–Crippen MR) is 155 cm³/mol. The molecule has 39 heavy (non-hydrogen) atoms. The number of aromatic nitrogens is 4. The highest BCUT2D eigenvalue weighted by atomic mass is 16.5. The van der Waals surface area contributed by atoms with Gasteiger partial charge in [0.2, 0.25) is 0 Å². The van der Waals surface area contributed by atoms with Crippen LogP contribution >= 0.6 is 0 Å². The van der Waals surface area contributed by atoms with Crippen molar-refractivity contribution in [2.45, 2.75) is 38.3 Å². The van der Waals surface area contributed by atoms with Crippen molar-refractivity contribution in [1.82, 2.24) is 25.1 Å². The summed E-state index contributed by atoms with van der Waals surface area (Å²) >= 11 is 0. The number of fused-ring (bicyclic) bond motifs is 1. The van der Waals surface area contributed by atoms with E-state index in [1.165, 1.54) is 11.8 Å². The number of likely N-dealkylation sites (tertiary alicyclic amines) is 1. The van der Waals surface area contributed by atoms with Crippen LogP contribution in [0.3, 0.4) is 0 Å². The maximum absolute atomic E-state index is 7.92. The number of ether oxygens (including phenoxy) is 1. The van der Waals surface area contributed by atoms with Crippen molar-refractivity contribution in [2.75, 3.05) is 31.6 Å². The Kier molecular flexibility index (Phi) is 8.60. The summed E-state index contributed by atoms with van der Waals surface area (Å²) in [5.74, 6) is 1.39. The largest absolute Gasteiger partial charge is 0.374 e. The summed E-state index contributed by atoms with van der Waals surface area (Å²) in [5, 5.41) is 19.4. The molecule has 0 spiro atoms. The molecule has 4 heterocycles. The van der Waals surface area contributed by atoms with Gasteiger partial charge >= 0.3 is 0 Å². The average molecular weight is 523 g/mol. The van der Waals surface area contributed by atoms with Gasteiger partial charge in [0.05, 0.1) is 42.4 Å². The van der Waals surface area contributed by atoms with Crippen molar-refractivity contribution in [1.29, 1.82) is 5.41 Å². The van der Waals surface area contributed by atoms with Gasteiger partial charge in [0.15, 0.2) is 5.82 Å². The van der Waals surface area contributed by atoms with Crippen molar-refractivity contribution in [3.63, 3.8) is 0 Å². The van der Waals surface area contributed by atoms with Crippen molar-refractivity contribution in [3.05, 3.63) is 83.7 Å². The van der Waals surface area contributed by atoms with Crippen LogP contribution in [-0.2, 0) is 11.3 Å². The van der Waals surface area contributed by atoms with E-state index >= 15 is 0 Å². The summed E-state index contributed by atoms with van der Waals surface area (Å²) in [4.78, 5) is 16.2. The number of hydrogen-bond donors (Lipinski definition) is 2. The van der Waals surface area contributed by atoms with Crippen LogP contribution in [0.2, 0.25) is 0 Å². The van der Waals surface area contributed by atoms with Gasteiger partial charge in [-0.3, -0.25) is 14.9 Å². The van der Waals surface area contributed by atoms with Gasteiger partial charge in [-0.15, -0.1) is 5.10 Å². The number of rotatable bonds is 12. The predicted octanol–water partition coefficient (Wildman–Crippen LogP) is 4.99. The van der Waals surface area contributed by atoms with Crippen LogP contribution in [0, 0.1) is 5.41 Å². The average Bonchev–Trinajstić information content (AvgIpc) is 2.93. The third kappa shape index (κ3) is 7.07. The summed E-state index contributed by atoms with van der Waals surface area (Å²) in [6, 6.07) is 18.2. The van der Waals surface area contributed by atoms with Crippen LogP contribution < -0.4 is 5.32 Å². The fourth-order valence-electron chi connectivity index (χ4n) is 4.45. The van der Waals surface area contributed by atoms with Crippen LogP contribution in [-0.4, -0.2) is 69.8 Å². The zero-order chi connectivity index (χ0) is 27.0. The molecule has 1 fully saturated rings. The van der Waals surface area contributed by atoms with E-state index in [0.717, 1.165) is 41.8 Å². The Balaban J connectivity index is 1.13. The molecule has 0 saturated carbocycles. The van der Waals surface area contributed by atoms with Gasteiger partial charge in [-0.2, -0.15) is 5.10 Å². The fourth-order valence-corrected chi connectivity index (χ4v) is 4.45. The van der Waals surface area contributed by atoms with E-state index in [2.05, 4.69) is 68.5 Å². The molecular weight excluding hydrogens is 488 g/mol. The highest BCUT2D eigenvalue weighted by Crippen LogP contribution is 2.22. The molecule has 200 valence electrons. The molecule has 1 aliphatic rings. The number of pyridine rings is 2. The molecule has 1 atom stereocenters. The molecule has 3 aromatic heterocycles. The lowest BCUT2D eigenvalue weighted by atomic mass is 10.0. The Bertz CT molecular complexity index is 1420. The summed E-state index contributed by atoms with van der Waals surface area (Å²) in [5.41, 5.74) is 4.81. The molecule has 1 saturated heterocycles. The Morgan fingerprint density at radius 2 is 1.90 bits per heavy atom. The minimum atomic E-state index is -0.279. The Labute approximate surface area is 228 Å². The van der Waals surface area contributed by atoms with E-state index in [9.17, 15) is 0 Å². The van der Waals surface area contributed by atoms with Gasteiger partial charge in [0.25, 0.3) is 0 Å². The number of hydrogen-bond acceptors (Lipinski definition) is 9. The van der Waals surface area contributed by atoms with Crippen LogP contribution in [0.4, 0.5) is 11.6 Å². The third-order valence-corrected chi connectivity index (χ3v) is 6.73. The first-order valence-electron chi connectivity index (χ1n) is 13.3. The maximum Gasteiger partial charge on any atom is 0.154 e. The number of nitrogens with zero attached hydrogens (tertiary/aromatic N) is 6. The standard InChI is InChI=1S/C30H34N8O/c1-21(2)23-13-30(37-34-17-23)36-29-9-8-27-28(35-29)12-24(16-33-27)25(14-31)15-32-10-11-39-26-19-38(20-26)18-22-6-4-3-5-7-22/h3-9,12-17,21,25-26,31H,10-11,18-20H2,1-2H3,(H,35,36,37). The zero-order valence-electron chi connectivity index (χ0n) is 22.4. The lowest BCUT2D eigenvalue weighted by Gasteiger charge is -2.38. The second-order valence-corrected chi connectivity index (χ2v) is 10.1. The summed E-state index contributed by atoms with van der Waals surface area (Å²) in [6.07, 6.45) is 6.98. The van der Waals surface area contributed by atoms with Gasteiger partial charge in [-0.25, -0.2) is 4.98 Å². The molecule has 0 bridgehead atoms. The number of aliphatic imine (C=N–C) groups is 1. The minimum absolute atomic E-state index is 0.264. The fraction of sp³-hybridized carbons (Fsp3) is 0.333.